The van der Waals surface area contributed by atoms with Crippen molar-refractivity contribution >= 4 is 11.7 Å². The summed E-state index contributed by atoms with van der Waals surface area (Å²) < 4.78 is 0. The lowest BCUT2D eigenvalue weighted by Crippen LogP contribution is -2.35. The van der Waals surface area contributed by atoms with Crippen LogP contribution >= 0.6 is 0 Å². The highest BCUT2D eigenvalue weighted by Crippen LogP contribution is 2.14. The number of nitrogen functional groups attached to an aromatic ring is 1. The molecule has 0 saturated carbocycles. The summed E-state index contributed by atoms with van der Waals surface area (Å²) in [5.41, 5.74) is 8.64. The zero-order valence-corrected chi connectivity index (χ0v) is 10.5. The second-order valence-corrected chi connectivity index (χ2v) is 4.09. The van der Waals surface area contributed by atoms with Crippen LogP contribution in [0, 0.1) is 6.92 Å². The first-order valence-electron chi connectivity index (χ1n) is 6.00. The molecule has 0 saturated heterocycles. The van der Waals surface area contributed by atoms with Crippen molar-refractivity contribution in [2.75, 3.05) is 12.3 Å². The first kappa shape index (κ1) is 13.4. The number of carbonyl (C=O) groups is 1. The maximum atomic E-state index is 11.4. The van der Waals surface area contributed by atoms with Gasteiger partial charge in [-0.3, -0.25) is 0 Å². The van der Waals surface area contributed by atoms with Gasteiger partial charge in [0.25, 0.3) is 0 Å². The normalized spacial score (nSPS) is 10.0. The van der Waals surface area contributed by atoms with Crippen molar-refractivity contribution in [1.82, 2.24) is 10.6 Å². The maximum absolute atomic E-state index is 11.4. The number of benzene rings is 1. The van der Waals surface area contributed by atoms with Gasteiger partial charge in [-0.1, -0.05) is 25.5 Å². The summed E-state index contributed by atoms with van der Waals surface area (Å²) in [5, 5.41) is 5.63. The third-order valence-electron chi connectivity index (χ3n) is 2.74. The van der Waals surface area contributed by atoms with Crippen LogP contribution in [0.4, 0.5) is 10.5 Å². The summed E-state index contributed by atoms with van der Waals surface area (Å²) in [6.07, 6.45) is 2.08. The number of rotatable bonds is 5. The van der Waals surface area contributed by atoms with Crippen molar-refractivity contribution in [1.29, 1.82) is 0 Å². The van der Waals surface area contributed by atoms with Crippen LogP contribution in [0.25, 0.3) is 0 Å². The molecule has 94 valence electrons. The van der Waals surface area contributed by atoms with Crippen LogP contribution in [0.3, 0.4) is 0 Å². The number of carbonyl (C=O) groups excluding carboxylic acids is 1. The van der Waals surface area contributed by atoms with Gasteiger partial charge in [0.1, 0.15) is 0 Å². The number of hydrogen-bond donors (Lipinski definition) is 3. The van der Waals surface area contributed by atoms with E-state index in [0.717, 1.165) is 36.2 Å². The molecular weight excluding hydrogens is 214 g/mol. The van der Waals surface area contributed by atoms with Crippen LogP contribution in [-0.4, -0.2) is 12.6 Å². The van der Waals surface area contributed by atoms with Crippen LogP contribution < -0.4 is 16.4 Å². The van der Waals surface area contributed by atoms with Crippen molar-refractivity contribution < 1.29 is 4.79 Å². The van der Waals surface area contributed by atoms with Crippen LogP contribution in [-0.2, 0) is 6.54 Å². The fraction of sp³-hybridized carbons (Fsp3) is 0.462. The van der Waals surface area contributed by atoms with Gasteiger partial charge in [-0.25, -0.2) is 4.79 Å². The average molecular weight is 235 g/mol. The van der Waals surface area contributed by atoms with E-state index < -0.39 is 0 Å². The smallest absolute Gasteiger partial charge is 0.315 e. The van der Waals surface area contributed by atoms with E-state index >= 15 is 0 Å². The standard InChI is InChI=1S/C13H21N3O/c1-3-4-8-15-13(17)16-9-11-6-5-7-12(14)10(11)2/h5-7H,3-4,8-9,14H2,1-2H3,(H2,15,16,17). The molecule has 2 amide bonds. The Balaban J connectivity index is 2.39. The van der Waals surface area contributed by atoms with Gasteiger partial charge in [0.2, 0.25) is 0 Å². The van der Waals surface area contributed by atoms with Gasteiger partial charge >= 0.3 is 6.03 Å². The van der Waals surface area contributed by atoms with Gasteiger partial charge in [0.15, 0.2) is 0 Å². The molecule has 0 aliphatic rings. The van der Waals surface area contributed by atoms with E-state index in [0.29, 0.717) is 6.54 Å². The van der Waals surface area contributed by atoms with E-state index in [-0.39, 0.29) is 6.03 Å². The van der Waals surface area contributed by atoms with Crippen molar-refractivity contribution in [3.8, 4) is 0 Å². The summed E-state index contributed by atoms with van der Waals surface area (Å²) in [4.78, 5) is 11.4. The first-order valence-corrected chi connectivity index (χ1v) is 6.00. The number of hydrogen-bond acceptors (Lipinski definition) is 2. The average Bonchev–Trinajstić information content (AvgIpc) is 2.31. The third kappa shape index (κ3) is 4.34. The highest BCUT2D eigenvalue weighted by Gasteiger charge is 2.03. The van der Waals surface area contributed by atoms with Crippen molar-refractivity contribution in [3.05, 3.63) is 29.3 Å². The Bertz CT molecular complexity index is 377. The van der Waals surface area contributed by atoms with E-state index in [2.05, 4.69) is 17.6 Å². The summed E-state index contributed by atoms with van der Waals surface area (Å²) in [7, 11) is 0. The molecule has 0 atom stereocenters. The molecule has 4 N–H and O–H groups in total. The number of unbranched alkanes of at least 4 members (excludes halogenated alkanes) is 1. The Morgan fingerprint density at radius 3 is 2.82 bits per heavy atom. The Morgan fingerprint density at radius 2 is 2.12 bits per heavy atom. The molecule has 0 fully saturated rings. The van der Waals surface area contributed by atoms with Crippen LogP contribution in [0.15, 0.2) is 18.2 Å². The SMILES string of the molecule is CCCCNC(=O)NCc1cccc(N)c1C. The lowest BCUT2D eigenvalue weighted by molar-refractivity contribution is 0.240. The van der Waals surface area contributed by atoms with Gasteiger partial charge in [-0.2, -0.15) is 0 Å². The Hall–Kier alpha value is -1.71. The molecule has 0 heterocycles. The van der Waals surface area contributed by atoms with E-state index in [1.165, 1.54) is 0 Å². The molecule has 4 heteroatoms. The number of nitrogens with one attached hydrogen (secondary N) is 2. The molecule has 0 bridgehead atoms. The minimum absolute atomic E-state index is 0.125. The van der Waals surface area contributed by atoms with Gasteiger partial charge in [-0.15, -0.1) is 0 Å². The molecule has 17 heavy (non-hydrogen) atoms. The van der Waals surface area contributed by atoms with Crippen molar-refractivity contribution in [2.24, 2.45) is 0 Å². The van der Waals surface area contributed by atoms with E-state index in [4.69, 9.17) is 5.73 Å². The highest BCUT2D eigenvalue weighted by atomic mass is 16.2. The fourth-order valence-electron chi connectivity index (χ4n) is 1.51. The predicted molar refractivity (Wildman–Crippen MR) is 70.7 cm³/mol. The Labute approximate surface area is 103 Å². The lowest BCUT2D eigenvalue weighted by Gasteiger charge is -2.10. The molecule has 0 aromatic heterocycles. The molecule has 0 aliphatic heterocycles. The van der Waals surface area contributed by atoms with Gasteiger partial charge in [-0.05, 0) is 30.5 Å². The maximum Gasteiger partial charge on any atom is 0.315 e. The van der Waals surface area contributed by atoms with Crippen LogP contribution in [0.5, 0.6) is 0 Å². The lowest BCUT2D eigenvalue weighted by atomic mass is 10.1. The monoisotopic (exact) mass is 235 g/mol. The number of urea groups is 1. The van der Waals surface area contributed by atoms with Crippen molar-refractivity contribution in [3.63, 3.8) is 0 Å². The van der Waals surface area contributed by atoms with Crippen molar-refractivity contribution in [2.45, 2.75) is 33.2 Å². The summed E-state index contributed by atoms with van der Waals surface area (Å²) >= 11 is 0. The van der Waals surface area contributed by atoms with Gasteiger partial charge in [0, 0.05) is 18.8 Å². The second kappa shape index (κ2) is 6.78. The number of nitrogens with two attached hydrogens (primary N) is 1. The molecule has 1 aromatic carbocycles. The molecular formula is C13H21N3O. The first-order chi connectivity index (χ1) is 8.15. The Morgan fingerprint density at radius 1 is 1.35 bits per heavy atom. The Kier molecular flexibility index (Phi) is 5.33. The zero-order valence-electron chi connectivity index (χ0n) is 10.5. The van der Waals surface area contributed by atoms with E-state index in [9.17, 15) is 4.79 Å². The molecule has 0 spiro atoms. The molecule has 1 aromatic rings. The summed E-state index contributed by atoms with van der Waals surface area (Å²) in [6, 6.07) is 5.60. The third-order valence-corrected chi connectivity index (χ3v) is 2.74. The van der Waals surface area contributed by atoms with Gasteiger partial charge < -0.3 is 16.4 Å². The minimum atomic E-state index is -0.125. The molecule has 0 unspecified atom stereocenters. The molecule has 1 rings (SSSR count). The van der Waals surface area contributed by atoms with E-state index in [1.54, 1.807) is 0 Å². The van der Waals surface area contributed by atoms with Crippen LogP contribution in [0.2, 0.25) is 0 Å². The van der Waals surface area contributed by atoms with Gasteiger partial charge in [0.05, 0.1) is 0 Å². The zero-order chi connectivity index (χ0) is 12.7. The molecule has 0 radical (unpaired) electrons. The summed E-state index contributed by atoms with van der Waals surface area (Å²) in [5.74, 6) is 0. The largest absolute Gasteiger partial charge is 0.399 e. The summed E-state index contributed by atoms with van der Waals surface area (Å²) in [6.45, 7) is 5.28. The fourth-order valence-corrected chi connectivity index (χ4v) is 1.51. The minimum Gasteiger partial charge on any atom is -0.399 e. The number of anilines is 1. The van der Waals surface area contributed by atoms with E-state index in [1.807, 2.05) is 25.1 Å². The quantitative estimate of drug-likeness (QED) is 0.541. The highest BCUT2D eigenvalue weighted by molar-refractivity contribution is 5.73. The molecule has 0 aliphatic carbocycles. The molecule has 4 nitrogen and oxygen atoms in total. The second-order valence-electron chi connectivity index (χ2n) is 4.09. The topological polar surface area (TPSA) is 67.2 Å². The number of amides is 2. The van der Waals surface area contributed by atoms with Crippen LogP contribution in [0.1, 0.15) is 30.9 Å². The predicted octanol–water partition coefficient (Wildman–Crippen LogP) is 2.18.